The number of nitrogens with zero attached hydrogens (tertiary/aromatic N) is 3. The molecule has 0 aliphatic carbocycles. The maximum Gasteiger partial charge on any atom is 0.273 e. The fourth-order valence-electron chi connectivity index (χ4n) is 2.96. The Kier molecular flexibility index (Phi) is 2.42. The van der Waals surface area contributed by atoms with E-state index in [-0.39, 0.29) is 0 Å². The number of anilines is 1. The van der Waals surface area contributed by atoms with Crippen LogP contribution in [0.4, 0.5) is 11.4 Å². The van der Waals surface area contributed by atoms with Crippen molar-refractivity contribution in [3.63, 3.8) is 0 Å². The normalized spacial score (nSPS) is 18.9. The van der Waals surface area contributed by atoms with Crippen LogP contribution < -0.4 is 4.90 Å². The lowest BCUT2D eigenvalue weighted by Crippen LogP contribution is -2.34. The predicted molar refractivity (Wildman–Crippen MR) is 68.4 cm³/mol. The highest BCUT2D eigenvalue weighted by Crippen LogP contribution is 2.37. The Balaban J connectivity index is 2.13. The number of aryl methyl sites for hydroxylation is 2. The van der Waals surface area contributed by atoms with Gasteiger partial charge in [0.1, 0.15) is 0 Å². The molecule has 2 aliphatic heterocycles. The summed E-state index contributed by atoms with van der Waals surface area (Å²) in [5.41, 5.74) is 5.49. The Bertz CT molecular complexity index is 411. The minimum Gasteiger partial charge on any atom is -0.371 e. The fourth-order valence-corrected chi connectivity index (χ4v) is 2.96. The number of hydrogen-bond donors (Lipinski definition) is 0. The fraction of sp³-hybridized carbons (Fsp3) is 0.500. The first-order valence-corrected chi connectivity index (χ1v) is 6.09. The van der Waals surface area contributed by atoms with Crippen LogP contribution in [0.3, 0.4) is 0 Å². The van der Waals surface area contributed by atoms with E-state index in [1.54, 1.807) is 7.98 Å². The maximum atomic E-state index is 4.18. The molecule has 1 aromatic carbocycles. The highest BCUT2D eigenvalue weighted by Gasteiger charge is 2.23. The lowest BCUT2D eigenvalue weighted by molar-refractivity contribution is 0.634. The summed E-state index contributed by atoms with van der Waals surface area (Å²) < 4.78 is 0. The van der Waals surface area contributed by atoms with Crippen molar-refractivity contribution in [2.45, 2.75) is 25.7 Å². The van der Waals surface area contributed by atoms with Crippen LogP contribution in [0.15, 0.2) is 22.3 Å². The molecular formula is C12H16BN3. The van der Waals surface area contributed by atoms with Crippen molar-refractivity contribution in [2.75, 3.05) is 18.0 Å². The van der Waals surface area contributed by atoms with Crippen molar-refractivity contribution in [3.05, 3.63) is 23.3 Å². The maximum absolute atomic E-state index is 4.18. The second-order valence-electron chi connectivity index (χ2n) is 4.61. The average molecular weight is 213 g/mol. The molecule has 0 N–H and O–H groups in total. The SMILES string of the molecule is B/N=N/c1cc2c3c(c1)CCCN3CCC2. The van der Waals surface area contributed by atoms with Gasteiger partial charge in [-0.15, -0.1) is 0 Å². The Morgan fingerprint density at radius 1 is 1.06 bits per heavy atom. The topological polar surface area (TPSA) is 28.0 Å². The molecule has 0 bridgehead atoms. The van der Waals surface area contributed by atoms with E-state index in [1.165, 1.54) is 55.6 Å². The van der Waals surface area contributed by atoms with Crippen molar-refractivity contribution in [2.24, 2.45) is 10.1 Å². The molecule has 16 heavy (non-hydrogen) atoms. The zero-order valence-corrected chi connectivity index (χ0v) is 9.74. The monoisotopic (exact) mass is 213 g/mol. The predicted octanol–water partition coefficient (Wildman–Crippen LogP) is 2.02. The third kappa shape index (κ3) is 1.53. The van der Waals surface area contributed by atoms with E-state index in [0.29, 0.717) is 0 Å². The van der Waals surface area contributed by atoms with Gasteiger partial charge in [-0.3, -0.25) is 5.03 Å². The highest BCUT2D eigenvalue weighted by molar-refractivity contribution is 6.04. The van der Waals surface area contributed by atoms with E-state index in [9.17, 15) is 0 Å². The van der Waals surface area contributed by atoms with Crippen LogP contribution in [-0.4, -0.2) is 21.1 Å². The molecule has 3 rings (SSSR count). The molecule has 1 aromatic rings. The smallest absolute Gasteiger partial charge is 0.273 e. The standard InChI is InChI=1S/C12H16BN3/c13-15-14-11-7-9-3-1-5-16-6-2-4-10(8-11)12(9)16/h7-8H,1-6,13H2/b15-14+. The van der Waals surface area contributed by atoms with Crippen molar-refractivity contribution in [1.29, 1.82) is 0 Å². The first kappa shape index (κ1) is 9.88. The van der Waals surface area contributed by atoms with Gasteiger partial charge in [0.15, 0.2) is 0 Å². The van der Waals surface area contributed by atoms with E-state index in [1.807, 2.05) is 0 Å². The van der Waals surface area contributed by atoms with Crippen molar-refractivity contribution in [3.8, 4) is 0 Å². The molecule has 0 amide bonds. The van der Waals surface area contributed by atoms with Crippen molar-refractivity contribution in [1.82, 2.24) is 0 Å². The van der Waals surface area contributed by atoms with Gasteiger partial charge >= 0.3 is 0 Å². The lowest BCUT2D eigenvalue weighted by atomic mass is 9.91. The van der Waals surface area contributed by atoms with E-state index >= 15 is 0 Å². The Morgan fingerprint density at radius 2 is 1.69 bits per heavy atom. The summed E-state index contributed by atoms with van der Waals surface area (Å²) in [4.78, 5) is 2.55. The summed E-state index contributed by atoms with van der Waals surface area (Å²) in [7, 11) is 1.73. The van der Waals surface area contributed by atoms with Crippen molar-refractivity contribution < 1.29 is 0 Å². The van der Waals surface area contributed by atoms with E-state index in [2.05, 4.69) is 27.2 Å². The molecule has 0 spiro atoms. The van der Waals surface area contributed by atoms with Crippen LogP contribution >= 0.6 is 0 Å². The number of hydrogen-bond acceptors (Lipinski definition) is 3. The molecule has 0 unspecified atom stereocenters. The van der Waals surface area contributed by atoms with Gasteiger partial charge in [-0.1, -0.05) is 0 Å². The molecule has 4 heteroatoms. The van der Waals surface area contributed by atoms with Gasteiger partial charge < -0.3 is 4.90 Å². The Labute approximate surface area is 97.0 Å². The van der Waals surface area contributed by atoms with Gasteiger partial charge in [0.2, 0.25) is 0 Å². The van der Waals surface area contributed by atoms with Gasteiger partial charge in [0, 0.05) is 18.8 Å². The van der Waals surface area contributed by atoms with Crippen LogP contribution in [0, 0.1) is 0 Å². The van der Waals surface area contributed by atoms with Gasteiger partial charge in [0.25, 0.3) is 7.98 Å². The van der Waals surface area contributed by atoms with E-state index in [4.69, 9.17) is 0 Å². The molecule has 0 saturated heterocycles. The van der Waals surface area contributed by atoms with Crippen LogP contribution in [0.2, 0.25) is 0 Å². The summed E-state index contributed by atoms with van der Waals surface area (Å²) in [6.07, 6.45) is 4.95. The molecule has 0 saturated carbocycles. The van der Waals surface area contributed by atoms with E-state index < -0.39 is 0 Å². The first-order valence-electron chi connectivity index (χ1n) is 6.09. The summed E-state index contributed by atoms with van der Waals surface area (Å²) in [6, 6.07) is 4.42. The third-order valence-corrected chi connectivity index (χ3v) is 3.53. The highest BCUT2D eigenvalue weighted by atomic mass is 15.1. The Morgan fingerprint density at radius 3 is 2.25 bits per heavy atom. The number of benzene rings is 1. The third-order valence-electron chi connectivity index (χ3n) is 3.53. The van der Waals surface area contributed by atoms with Crippen LogP contribution in [-0.2, 0) is 12.8 Å². The molecule has 0 atom stereocenters. The zero-order chi connectivity index (χ0) is 11.0. The average Bonchev–Trinajstić information content (AvgIpc) is 2.30. The molecule has 82 valence electrons. The van der Waals surface area contributed by atoms with Gasteiger partial charge in [-0.2, -0.15) is 5.11 Å². The molecule has 2 aliphatic rings. The van der Waals surface area contributed by atoms with Gasteiger partial charge in [-0.05, 0) is 48.9 Å². The van der Waals surface area contributed by atoms with Crippen molar-refractivity contribution >= 4 is 19.4 Å². The summed E-state index contributed by atoms with van der Waals surface area (Å²) in [5.74, 6) is 0. The van der Waals surface area contributed by atoms with Crippen LogP contribution in [0.1, 0.15) is 24.0 Å². The summed E-state index contributed by atoms with van der Waals surface area (Å²) in [6.45, 7) is 2.46. The van der Waals surface area contributed by atoms with Gasteiger partial charge in [-0.25, -0.2) is 0 Å². The largest absolute Gasteiger partial charge is 0.371 e. The number of rotatable bonds is 1. The molecule has 0 aromatic heterocycles. The van der Waals surface area contributed by atoms with Crippen LogP contribution in [0.5, 0.6) is 0 Å². The Hall–Kier alpha value is -1.32. The zero-order valence-electron chi connectivity index (χ0n) is 9.74. The molecule has 0 radical (unpaired) electrons. The second-order valence-corrected chi connectivity index (χ2v) is 4.61. The van der Waals surface area contributed by atoms with E-state index in [0.717, 1.165) is 5.69 Å². The van der Waals surface area contributed by atoms with Crippen LogP contribution in [0.25, 0.3) is 0 Å². The minimum atomic E-state index is 1.03. The lowest BCUT2D eigenvalue weighted by Gasteiger charge is -2.36. The summed E-state index contributed by atoms with van der Waals surface area (Å²) >= 11 is 0. The molecule has 0 fully saturated rings. The quantitative estimate of drug-likeness (QED) is 0.518. The minimum absolute atomic E-state index is 1.03. The molecular weight excluding hydrogens is 197 g/mol. The molecule has 3 nitrogen and oxygen atoms in total. The second kappa shape index (κ2) is 3.93. The molecule has 2 heterocycles. The summed E-state index contributed by atoms with van der Waals surface area (Å²) in [5, 5.41) is 8.06. The van der Waals surface area contributed by atoms with Gasteiger partial charge in [0.05, 0.1) is 5.69 Å². The first-order chi connectivity index (χ1) is 7.88.